The van der Waals surface area contributed by atoms with Crippen LogP contribution in [-0.2, 0) is 11.3 Å². The van der Waals surface area contributed by atoms with E-state index in [9.17, 15) is 0 Å². The number of nitrogens with one attached hydrogen (secondary N) is 1. The number of hydrogen-bond donors (Lipinski definition) is 1. The molecule has 0 aromatic carbocycles. The summed E-state index contributed by atoms with van der Waals surface area (Å²) in [5.74, 6) is 1.17. The number of hydrogen-bond acceptors (Lipinski definition) is 1. The zero-order valence-corrected chi connectivity index (χ0v) is 7.13. The van der Waals surface area contributed by atoms with Gasteiger partial charge in [0.05, 0.1) is 6.61 Å². The van der Waals surface area contributed by atoms with Crippen LogP contribution in [0.4, 0.5) is 0 Å². The van der Waals surface area contributed by atoms with Crippen LogP contribution in [0, 0.1) is 6.92 Å². The maximum Gasteiger partial charge on any atom is 0.251 e. The highest BCUT2D eigenvalue weighted by Gasteiger charge is 2.02. The molecule has 3 nitrogen and oxygen atoms in total. The van der Waals surface area contributed by atoms with Gasteiger partial charge >= 0.3 is 0 Å². The van der Waals surface area contributed by atoms with Gasteiger partial charge in [0.1, 0.15) is 18.9 Å². The Morgan fingerprint density at radius 1 is 1.64 bits per heavy atom. The fourth-order valence-corrected chi connectivity index (χ4v) is 0.992. The van der Waals surface area contributed by atoms with E-state index in [2.05, 4.69) is 9.55 Å². The second-order valence-corrected chi connectivity index (χ2v) is 2.44. The maximum atomic E-state index is 5.23. The summed E-state index contributed by atoms with van der Waals surface area (Å²) in [4.78, 5) is 3.10. The fraction of sp³-hybridized carbons (Fsp3) is 0.625. The first-order chi connectivity index (χ1) is 5.34. The number of aromatic amines is 1. The summed E-state index contributed by atoms with van der Waals surface area (Å²) >= 11 is 0. The van der Waals surface area contributed by atoms with Crippen molar-refractivity contribution in [3.05, 3.63) is 18.2 Å². The van der Waals surface area contributed by atoms with Crippen LogP contribution in [0.1, 0.15) is 12.7 Å². The quantitative estimate of drug-likeness (QED) is 0.502. The molecule has 0 atom stereocenters. The Hall–Kier alpha value is -0.830. The molecule has 1 N–H and O–H groups in total. The predicted octanol–water partition coefficient (Wildman–Crippen LogP) is 0.647. The van der Waals surface area contributed by atoms with Crippen molar-refractivity contribution in [3.8, 4) is 0 Å². The first-order valence-corrected chi connectivity index (χ1v) is 3.95. The molecule has 0 amide bonds. The predicted molar refractivity (Wildman–Crippen MR) is 42.2 cm³/mol. The Bertz CT molecular complexity index is 208. The number of imidazole rings is 1. The molecule has 0 unspecified atom stereocenters. The lowest BCUT2D eigenvalue weighted by molar-refractivity contribution is -0.703. The molecular formula is C8H15N2O+. The number of nitrogens with zero attached hydrogens (tertiary/aromatic N) is 1. The van der Waals surface area contributed by atoms with Crippen LogP contribution in [0.2, 0.25) is 0 Å². The lowest BCUT2D eigenvalue weighted by atomic mass is 10.6. The molecule has 0 spiro atoms. The monoisotopic (exact) mass is 155 g/mol. The Morgan fingerprint density at radius 2 is 2.45 bits per heavy atom. The van der Waals surface area contributed by atoms with E-state index in [0.29, 0.717) is 0 Å². The summed E-state index contributed by atoms with van der Waals surface area (Å²) in [5, 5.41) is 0. The third-order valence-corrected chi connectivity index (χ3v) is 1.66. The van der Waals surface area contributed by atoms with Crippen LogP contribution in [0.25, 0.3) is 0 Å². The molecule has 1 aromatic rings. The van der Waals surface area contributed by atoms with Gasteiger partial charge in [0, 0.05) is 13.5 Å². The SMILES string of the molecule is CCOCC[n+]1cc[nH]c1C. The van der Waals surface area contributed by atoms with Gasteiger partial charge in [0.25, 0.3) is 5.82 Å². The molecule has 11 heavy (non-hydrogen) atoms. The molecule has 1 aromatic heterocycles. The van der Waals surface area contributed by atoms with Crippen molar-refractivity contribution in [1.82, 2.24) is 4.98 Å². The van der Waals surface area contributed by atoms with Crippen molar-refractivity contribution < 1.29 is 9.30 Å². The van der Waals surface area contributed by atoms with Crippen molar-refractivity contribution in [2.24, 2.45) is 0 Å². The number of rotatable bonds is 4. The molecule has 0 aliphatic carbocycles. The van der Waals surface area contributed by atoms with Gasteiger partial charge in [-0.1, -0.05) is 0 Å². The molecular weight excluding hydrogens is 140 g/mol. The van der Waals surface area contributed by atoms with Gasteiger partial charge in [-0.25, -0.2) is 9.55 Å². The van der Waals surface area contributed by atoms with Gasteiger partial charge in [0.15, 0.2) is 0 Å². The summed E-state index contributed by atoms with van der Waals surface area (Å²) in [7, 11) is 0. The molecule has 0 aliphatic heterocycles. The van der Waals surface area contributed by atoms with Gasteiger partial charge in [-0.2, -0.15) is 0 Å². The normalized spacial score (nSPS) is 10.4. The summed E-state index contributed by atoms with van der Waals surface area (Å²) < 4.78 is 7.36. The lowest BCUT2D eigenvalue weighted by Gasteiger charge is -1.98. The minimum atomic E-state index is 0.792. The van der Waals surface area contributed by atoms with Crippen LogP contribution in [0.3, 0.4) is 0 Å². The Morgan fingerprint density at radius 3 is 3.00 bits per heavy atom. The third kappa shape index (κ3) is 2.35. The van der Waals surface area contributed by atoms with Crippen molar-refractivity contribution >= 4 is 0 Å². The van der Waals surface area contributed by atoms with E-state index >= 15 is 0 Å². The van der Waals surface area contributed by atoms with E-state index in [-0.39, 0.29) is 0 Å². The van der Waals surface area contributed by atoms with Crippen molar-refractivity contribution in [3.63, 3.8) is 0 Å². The van der Waals surface area contributed by atoms with Crippen molar-refractivity contribution in [1.29, 1.82) is 0 Å². The van der Waals surface area contributed by atoms with E-state index in [4.69, 9.17) is 4.74 Å². The van der Waals surface area contributed by atoms with Crippen LogP contribution in [0.15, 0.2) is 12.4 Å². The Kier molecular flexibility index (Phi) is 3.11. The molecule has 62 valence electrons. The first-order valence-electron chi connectivity index (χ1n) is 3.95. The zero-order chi connectivity index (χ0) is 8.10. The number of ether oxygens (including phenoxy) is 1. The van der Waals surface area contributed by atoms with E-state index in [0.717, 1.165) is 19.8 Å². The molecule has 1 heterocycles. The maximum absolute atomic E-state index is 5.23. The summed E-state index contributed by atoms with van der Waals surface area (Å²) in [6, 6.07) is 0. The van der Waals surface area contributed by atoms with E-state index in [1.54, 1.807) is 0 Å². The molecule has 0 bridgehead atoms. The largest absolute Gasteiger partial charge is 0.378 e. The zero-order valence-electron chi connectivity index (χ0n) is 7.13. The lowest BCUT2D eigenvalue weighted by Crippen LogP contribution is -2.36. The number of H-pyrrole nitrogens is 1. The van der Waals surface area contributed by atoms with Crippen LogP contribution < -0.4 is 4.57 Å². The molecule has 1 rings (SSSR count). The van der Waals surface area contributed by atoms with E-state index in [1.165, 1.54) is 5.82 Å². The van der Waals surface area contributed by atoms with E-state index in [1.807, 2.05) is 26.2 Å². The van der Waals surface area contributed by atoms with Crippen LogP contribution in [0.5, 0.6) is 0 Å². The highest BCUT2D eigenvalue weighted by molar-refractivity contribution is 4.70. The summed E-state index contributed by atoms with van der Waals surface area (Å²) in [6.45, 7) is 6.58. The van der Waals surface area contributed by atoms with Gasteiger partial charge in [0.2, 0.25) is 0 Å². The highest BCUT2D eigenvalue weighted by Crippen LogP contribution is 1.82. The van der Waals surface area contributed by atoms with Crippen molar-refractivity contribution in [2.45, 2.75) is 20.4 Å². The van der Waals surface area contributed by atoms with Gasteiger partial charge in [-0.3, -0.25) is 0 Å². The highest BCUT2D eigenvalue weighted by atomic mass is 16.5. The standard InChI is InChI=1S/C8H14N2O/c1-3-11-7-6-10-5-4-9-8(10)2/h4-5H,3,6-7H2,1-2H3/p+1. The molecule has 0 saturated heterocycles. The molecule has 0 fully saturated rings. The molecule has 0 aliphatic rings. The summed E-state index contributed by atoms with van der Waals surface area (Å²) in [5.41, 5.74) is 0. The van der Waals surface area contributed by atoms with E-state index < -0.39 is 0 Å². The average Bonchev–Trinajstić information content (AvgIpc) is 2.37. The second kappa shape index (κ2) is 4.13. The first kappa shape index (κ1) is 8.27. The summed E-state index contributed by atoms with van der Waals surface area (Å²) in [6.07, 6.45) is 3.95. The van der Waals surface area contributed by atoms with Gasteiger partial charge in [-0.15, -0.1) is 0 Å². The third-order valence-electron chi connectivity index (χ3n) is 1.66. The molecule has 0 saturated carbocycles. The smallest absolute Gasteiger partial charge is 0.251 e. The Labute approximate surface area is 67.0 Å². The number of aromatic nitrogens is 2. The number of aryl methyl sites for hydroxylation is 1. The second-order valence-electron chi connectivity index (χ2n) is 2.44. The minimum Gasteiger partial charge on any atom is -0.378 e. The van der Waals surface area contributed by atoms with Crippen LogP contribution >= 0.6 is 0 Å². The topological polar surface area (TPSA) is 28.9 Å². The Balaban J connectivity index is 2.32. The van der Waals surface area contributed by atoms with Gasteiger partial charge < -0.3 is 4.74 Å². The average molecular weight is 155 g/mol. The fourth-order valence-electron chi connectivity index (χ4n) is 0.992. The minimum absolute atomic E-state index is 0.792. The van der Waals surface area contributed by atoms with Crippen molar-refractivity contribution in [2.75, 3.05) is 13.2 Å². The molecule has 0 radical (unpaired) electrons. The van der Waals surface area contributed by atoms with Crippen LogP contribution in [-0.4, -0.2) is 18.2 Å². The molecule has 3 heteroatoms. The van der Waals surface area contributed by atoms with Gasteiger partial charge in [-0.05, 0) is 6.92 Å².